The molecule has 2 rings (SSSR count). The molecular weight excluding hydrogens is 302 g/mol. The maximum atomic E-state index is 12.4. The highest BCUT2D eigenvalue weighted by Gasteiger charge is 2.09. The van der Waals surface area contributed by atoms with Crippen LogP contribution >= 0.6 is 0 Å². The Hall–Kier alpha value is -2.59. The first-order chi connectivity index (χ1) is 11.5. The molecule has 0 unspecified atom stereocenters. The highest BCUT2D eigenvalue weighted by molar-refractivity contribution is 6.07. The van der Waals surface area contributed by atoms with Crippen LogP contribution in [0.4, 0.5) is 0 Å². The molecule has 0 heterocycles. The first-order valence-electron chi connectivity index (χ1n) is 7.71. The van der Waals surface area contributed by atoms with Crippen LogP contribution in [0.1, 0.15) is 21.5 Å². The largest absolute Gasteiger partial charge is 0.497 e. The van der Waals surface area contributed by atoms with Crippen LogP contribution in [0.5, 0.6) is 11.5 Å². The molecule has 0 bridgehead atoms. The summed E-state index contributed by atoms with van der Waals surface area (Å²) in [7, 11) is 7.23. The third-order valence-corrected chi connectivity index (χ3v) is 3.59. The van der Waals surface area contributed by atoms with Crippen molar-refractivity contribution in [1.29, 1.82) is 0 Å². The van der Waals surface area contributed by atoms with Crippen molar-refractivity contribution in [3.63, 3.8) is 0 Å². The quantitative estimate of drug-likeness (QED) is 0.575. The zero-order valence-corrected chi connectivity index (χ0v) is 14.6. The third-order valence-electron chi connectivity index (χ3n) is 3.59. The number of methoxy groups -OCH3 is 2. The molecule has 0 fully saturated rings. The third kappa shape index (κ3) is 4.70. The van der Waals surface area contributed by atoms with Crippen LogP contribution in [0.25, 0.3) is 6.08 Å². The Labute approximate surface area is 143 Å². The van der Waals surface area contributed by atoms with Crippen LogP contribution in [-0.4, -0.2) is 39.0 Å². The predicted molar refractivity (Wildman–Crippen MR) is 96.7 cm³/mol. The van der Waals surface area contributed by atoms with Gasteiger partial charge < -0.3 is 14.4 Å². The molecule has 0 N–H and O–H groups in total. The minimum atomic E-state index is -0.0338. The lowest BCUT2D eigenvalue weighted by Crippen LogP contribution is -2.12. The van der Waals surface area contributed by atoms with Crippen molar-refractivity contribution in [2.75, 3.05) is 28.3 Å². The Kier molecular flexibility index (Phi) is 6.15. The van der Waals surface area contributed by atoms with Gasteiger partial charge in [-0.1, -0.05) is 18.2 Å². The van der Waals surface area contributed by atoms with E-state index in [9.17, 15) is 4.79 Å². The number of carbonyl (C=O) groups is 1. The smallest absolute Gasteiger partial charge is 0.185 e. The molecule has 0 spiro atoms. The fourth-order valence-corrected chi connectivity index (χ4v) is 2.38. The van der Waals surface area contributed by atoms with Gasteiger partial charge in [-0.25, -0.2) is 0 Å². The summed E-state index contributed by atoms with van der Waals surface area (Å²) in [5, 5.41) is 0. The van der Waals surface area contributed by atoms with Crippen LogP contribution in [-0.2, 0) is 6.54 Å². The fourth-order valence-electron chi connectivity index (χ4n) is 2.38. The van der Waals surface area contributed by atoms with Crippen molar-refractivity contribution < 1.29 is 14.3 Å². The van der Waals surface area contributed by atoms with Crippen LogP contribution in [0.2, 0.25) is 0 Å². The average molecular weight is 325 g/mol. The van der Waals surface area contributed by atoms with Crippen LogP contribution in [0.15, 0.2) is 48.5 Å². The van der Waals surface area contributed by atoms with E-state index in [0.717, 1.165) is 22.6 Å². The Morgan fingerprint density at radius 2 is 1.75 bits per heavy atom. The maximum Gasteiger partial charge on any atom is 0.185 e. The average Bonchev–Trinajstić information content (AvgIpc) is 2.59. The molecule has 0 aliphatic heterocycles. The molecule has 4 heteroatoms. The number of hydrogen-bond donors (Lipinski definition) is 0. The molecule has 2 aromatic carbocycles. The van der Waals surface area contributed by atoms with Crippen LogP contribution in [0, 0.1) is 0 Å². The lowest BCUT2D eigenvalue weighted by Gasteiger charge is -2.14. The maximum absolute atomic E-state index is 12.4. The van der Waals surface area contributed by atoms with E-state index in [1.807, 2.05) is 55.4 Å². The number of hydrogen-bond acceptors (Lipinski definition) is 4. The molecule has 0 radical (unpaired) electrons. The number of ketones is 1. The van der Waals surface area contributed by atoms with Crippen molar-refractivity contribution >= 4 is 11.9 Å². The zero-order chi connectivity index (χ0) is 17.5. The summed E-state index contributed by atoms with van der Waals surface area (Å²) in [5.74, 6) is 1.55. The SMILES string of the molecule is COc1ccc(/C=C/C(=O)c2ccc(OC)c(CN(C)C)c2)cc1. The number of benzene rings is 2. The number of ether oxygens (including phenoxy) is 2. The summed E-state index contributed by atoms with van der Waals surface area (Å²) in [6.07, 6.45) is 3.39. The van der Waals surface area contributed by atoms with Crippen molar-refractivity contribution in [2.45, 2.75) is 6.54 Å². The summed E-state index contributed by atoms with van der Waals surface area (Å²) < 4.78 is 10.5. The Balaban J connectivity index is 2.17. The zero-order valence-electron chi connectivity index (χ0n) is 14.6. The minimum Gasteiger partial charge on any atom is -0.497 e. The summed E-state index contributed by atoms with van der Waals surface area (Å²) in [6, 6.07) is 13.1. The van der Waals surface area contributed by atoms with Gasteiger partial charge in [0.25, 0.3) is 0 Å². The Bertz CT molecular complexity index is 718. The summed E-state index contributed by atoms with van der Waals surface area (Å²) in [6.45, 7) is 0.715. The Morgan fingerprint density at radius 1 is 1.04 bits per heavy atom. The number of allylic oxidation sites excluding steroid dienone is 1. The number of carbonyl (C=O) groups excluding carboxylic acids is 1. The molecule has 2 aromatic rings. The molecule has 126 valence electrons. The van der Waals surface area contributed by atoms with E-state index in [0.29, 0.717) is 12.1 Å². The van der Waals surface area contributed by atoms with E-state index in [-0.39, 0.29) is 5.78 Å². The van der Waals surface area contributed by atoms with Gasteiger partial charge in [-0.05, 0) is 56.1 Å². The molecule has 0 aromatic heterocycles. The van der Waals surface area contributed by atoms with Crippen molar-refractivity contribution in [3.8, 4) is 11.5 Å². The normalized spacial score (nSPS) is 11.0. The van der Waals surface area contributed by atoms with E-state index >= 15 is 0 Å². The monoisotopic (exact) mass is 325 g/mol. The molecule has 0 amide bonds. The fraction of sp³-hybridized carbons (Fsp3) is 0.250. The summed E-state index contributed by atoms with van der Waals surface area (Å²) in [4.78, 5) is 14.5. The second kappa shape index (κ2) is 8.31. The predicted octanol–water partition coefficient (Wildman–Crippen LogP) is 3.66. The van der Waals surface area contributed by atoms with E-state index < -0.39 is 0 Å². The number of rotatable bonds is 7. The lowest BCUT2D eigenvalue weighted by atomic mass is 10.0. The molecule has 0 saturated carbocycles. The van der Waals surface area contributed by atoms with Gasteiger partial charge in [0, 0.05) is 17.7 Å². The van der Waals surface area contributed by atoms with Gasteiger partial charge in [0.15, 0.2) is 5.78 Å². The van der Waals surface area contributed by atoms with Crippen molar-refractivity contribution in [2.24, 2.45) is 0 Å². The second-order valence-corrected chi connectivity index (χ2v) is 5.74. The van der Waals surface area contributed by atoms with E-state index in [4.69, 9.17) is 9.47 Å². The summed E-state index contributed by atoms with van der Waals surface area (Å²) >= 11 is 0. The highest BCUT2D eigenvalue weighted by atomic mass is 16.5. The minimum absolute atomic E-state index is 0.0338. The molecule has 0 atom stereocenters. The molecule has 0 aliphatic carbocycles. The van der Waals surface area contributed by atoms with Crippen LogP contribution < -0.4 is 9.47 Å². The van der Waals surface area contributed by atoms with E-state index in [2.05, 4.69) is 0 Å². The van der Waals surface area contributed by atoms with Gasteiger partial charge in [-0.2, -0.15) is 0 Å². The van der Waals surface area contributed by atoms with E-state index in [1.165, 1.54) is 0 Å². The van der Waals surface area contributed by atoms with Crippen molar-refractivity contribution in [1.82, 2.24) is 4.90 Å². The van der Waals surface area contributed by atoms with Crippen LogP contribution in [0.3, 0.4) is 0 Å². The van der Waals surface area contributed by atoms with Crippen molar-refractivity contribution in [3.05, 3.63) is 65.2 Å². The standard InChI is InChI=1S/C20H23NO3/c1-21(2)14-17-13-16(8-12-20(17)24-4)19(22)11-7-15-5-9-18(23-3)10-6-15/h5-13H,14H2,1-4H3/b11-7+. The lowest BCUT2D eigenvalue weighted by molar-refractivity contribution is 0.104. The van der Waals surface area contributed by atoms with Gasteiger partial charge in [0.1, 0.15) is 11.5 Å². The van der Waals surface area contributed by atoms with Gasteiger partial charge in [0.2, 0.25) is 0 Å². The van der Waals surface area contributed by atoms with Gasteiger partial charge >= 0.3 is 0 Å². The molecule has 24 heavy (non-hydrogen) atoms. The van der Waals surface area contributed by atoms with E-state index in [1.54, 1.807) is 32.4 Å². The van der Waals surface area contributed by atoms with Gasteiger partial charge in [-0.3, -0.25) is 4.79 Å². The highest BCUT2D eigenvalue weighted by Crippen LogP contribution is 2.22. The van der Waals surface area contributed by atoms with Gasteiger partial charge in [0.05, 0.1) is 14.2 Å². The molecular formula is C20H23NO3. The summed E-state index contributed by atoms with van der Waals surface area (Å²) in [5.41, 5.74) is 2.59. The van der Waals surface area contributed by atoms with Gasteiger partial charge in [-0.15, -0.1) is 0 Å². The number of nitrogens with zero attached hydrogens (tertiary/aromatic N) is 1. The Morgan fingerprint density at radius 3 is 2.33 bits per heavy atom. The first-order valence-corrected chi connectivity index (χ1v) is 7.71. The topological polar surface area (TPSA) is 38.8 Å². The molecule has 4 nitrogen and oxygen atoms in total. The second-order valence-electron chi connectivity index (χ2n) is 5.74. The first kappa shape index (κ1) is 17.8. The molecule has 0 saturated heterocycles. The molecule has 0 aliphatic rings.